The van der Waals surface area contributed by atoms with E-state index in [4.69, 9.17) is 11.6 Å². The van der Waals surface area contributed by atoms with Gasteiger partial charge < -0.3 is 10.2 Å². The number of rotatable bonds is 12. The van der Waals surface area contributed by atoms with E-state index in [1.165, 1.54) is 4.90 Å². The first-order valence-corrected chi connectivity index (χ1v) is 14.1. The molecule has 0 aliphatic heterocycles. The maximum absolute atomic E-state index is 13.5. The van der Waals surface area contributed by atoms with Crippen LogP contribution >= 0.6 is 11.6 Å². The van der Waals surface area contributed by atoms with E-state index in [1.54, 1.807) is 37.3 Å². The molecular weight excluding hydrogens is 486 g/mol. The van der Waals surface area contributed by atoms with Gasteiger partial charge in [0.15, 0.2) is 0 Å². The van der Waals surface area contributed by atoms with Crippen molar-refractivity contribution >= 4 is 39.1 Å². The largest absolute Gasteiger partial charge is 0.354 e. The number of nitrogens with zero attached hydrogens (tertiary/aromatic N) is 2. The predicted octanol–water partition coefficient (Wildman–Crippen LogP) is 4.56. The third-order valence-electron chi connectivity index (χ3n) is 5.77. The highest BCUT2D eigenvalue weighted by molar-refractivity contribution is 7.92. The maximum atomic E-state index is 13.5. The van der Waals surface area contributed by atoms with Gasteiger partial charge in [0, 0.05) is 18.1 Å². The highest BCUT2D eigenvalue weighted by Gasteiger charge is 2.30. The van der Waals surface area contributed by atoms with Gasteiger partial charge in [-0.05, 0) is 54.7 Å². The molecule has 35 heavy (non-hydrogen) atoms. The molecule has 2 aromatic rings. The van der Waals surface area contributed by atoms with Gasteiger partial charge in [-0.15, -0.1) is 0 Å². The SMILES string of the molecule is CCCCNC(=O)[C@H](C)N(Cc1cccc(Cl)c1)C(=O)CN(c1ccc(C(C)C)cc1)S(C)(=O)=O. The first-order chi connectivity index (χ1) is 16.4. The maximum Gasteiger partial charge on any atom is 0.244 e. The number of hydrogen-bond donors (Lipinski definition) is 1. The van der Waals surface area contributed by atoms with Crippen molar-refractivity contribution in [2.45, 2.75) is 59.0 Å². The number of benzene rings is 2. The van der Waals surface area contributed by atoms with Gasteiger partial charge in [-0.25, -0.2) is 8.42 Å². The molecule has 1 atom stereocenters. The van der Waals surface area contributed by atoms with Crippen LogP contribution in [0.5, 0.6) is 0 Å². The standard InChI is InChI=1S/C26H36ClN3O4S/c1-6-7-15-28-26(32)20(4)29(17-21-9-8-10-23(27)16-21)25(31)18-30(35(5,33)34)24-13-11-22(12-14-24)19(2)3/h8-14,16,19-20H,6-7,15,17-18H2,1-5H3,(H,28,32)/t20-/m0/s1. The minimum absolute atomic E-state index is 0.117. The molecule has 0 radical (unpaired) electrons. The molecule has 0 unspecified atom stereocenters. The smallest absolute Gasteiger partial charge is 0.244 e. The van der Waals surface area contributed by atoms with E-state index in [9.17, 15) is 18.0 Å². The number of hydrogen-bond acceptors (Lipinski definition) is 4. The van der Waals surface area contributed by atoms with Gasteiger partial charge in [-0.1, -0.05) is 63.1 Å². The Kier molecular flexibility index (Phi) is 10.6. The molecule has 9 heteroatoms. The monoisotopic (exact) mass is 521 g/mol. The van der Waals surface area contributed by atoms with Crippen molar-refractivity contribution in [2.75, 3.05) is 23.7 Å². The molecule has 192 valence electrons. The molecule has 0 saturated carbocycles. The Morgan fingerprint density at radius 3 is 2.26 bits per heavy atom. The Morgan fingerprint density at radius 2 is 1.71 bits per heavy atom. The quantitative estimate of drug-likeness (QED) is 0.415. The summed E-state index contributed by atoms with van der Waals surface area (Å²) in [6.07, 6.45) is 2.83. The number of anilines is 1. The molecule has 0 spiro atoms. The van der Waals surface area contributed by atoms with Crippen molar-refractivity contribution in [2.24, 2.45) is 0 Å². The molecule has 1 N–H and O–H groups in total. The highest BCUT2D eigenvalue weighted by Crippen LogP contribution is 2.23. The van der Waals surface area contributed by atoms with Crippen LogP contribution in [0.3, 0.4) is 0 Å². The molecular formula is C26H36ClN3O4S. The van der Waals surface area contributed by atoms with E-state index in [2.05, 4.69) is 5.32 Å². The van der Waals surface area contributed by atoms with Gasteiger partial charge in [0.1, 0.15) is 12.6 Å². The third kappa shape index (κ3) is 8.54. The zero-order valence-corrected chi connectivity index (χ0v) is 22.7. The fraction of sp³-hybridized carbons (Fsp3) is 0.462. The van der Waals surface area contributed by atoms with Crippen LogP contribution in [0.2, 0.25) is 5.02 Å². The Bertz CT molecular complexity index is 1100. The topological polar surface area (TPSA) is 86.8 Å². The average Bonchev–Trinajstić information content (AvgIpc) is 2.80. The van der Waals surface area contributed by atoms with Crippen LogP contribution in [0, 0.1) is 0 Å². The van der Waals surface area contributed by atoms with Gasteiger partial charge in [0.05, 0.1) is 11.9 Å². The van der Waals surface area contributed by atoms with Gasteiger partial charge in [-0.3, -0.25) is 13.9 Å². The third-order valence-corrected chi connectivity index (χ3v) is 7.14. The Balaban J connectivity index is 2.35. The summed E-state index contributed by atoms with van der Waals surface area (Å²) in [6.45, 7) is 7.97. The van der Waals surface area contributed by atoms with Crippen molar-refractivity contribution in [3.8, 4) is 0 Å². The van der Waals surface area contributed by atoms with E-state index in [0.29, 0.717) is 17.3 Å². The summed E-state index contributed by atoms with van der Waals surface area (Å²) in [5.41, 5.74) is 2.20. The van der Waals surface area contributed by atoms with Crippen molar-refractivity contribution in [1.82, 2.24) is 10.2 Å². The first kappa shape index (κ1) is 28.7. The van der Waals surface area contributed by atoms with E-state index in [1.807, 2.05) is 39.0 Å². The minimum Gasteiger partial charge on any atom is -0.354 e. The number of unbranched alkanes of at least 4 members (excludes halogenated alkanes) is 1. The molecule has 2 amide bonds. The second kappa shape index (κ2) is 12.9. The lowest BCUT2D eigenvalue weighted by Crippen LogP contribution is -2.51. The van der Waals surface area contributed by atoms with Gasteiger partial charge in [0.2, 0.25) is 21.8 Å². The molecule has 0 aliphatic carbocycles. The molecule has 0 heterocycles. The summed E-state index contributed by atoms with van der Waals surface area (Å²) in [5, 5.41) is 3.37. The zero-order chi connectivity index (χ0) is 26.2. The van der Waals surface area contributed by atoms with Gasteiger partial charge in [0.25, 0.3) is 0 Å². The van der Waals surface area contributed by atoms with E-state index < -0.39 is 28.5 Å². The van der Waals surface area contributed by atoms with Crippen molar-refractivity contribution in [1.29, 1.82) is 0 Å². The summed E-state index contributed by atoms with van der Waals surface area (Å²) in [6, 6.07) is 13.3. The molecule has 0 aromatic heterocycles. The second-order valence-corrected chi connectivity index (χ2v) is 11.3. The fourth-order valence-corrected chi connectivity index (χ4v) is 4.65. The molecule has 0 bridgehead atoms. The lowest BCUT2D eigenvalue weighted by atomic mass is 10.0. The second-order valence-electron chi connectivity index (χ2n) is 8.99. The minimum atomic E-state index is -3.76. The first-order valence-electron chi connectivity index (χ1n) is 11.8. The molecule has 2 aromatic carbocycles. The predicted molar refractivity (Wildman–Crippen MR) is 142 cm³/mol. The van der Waals surface area contributed by atoms with Crippen molar-refractivity contribution < 1.29 is 18.0 Å². The summed E-state index contributed by atoms with van der Waals surface area (Å²) in [5.74, 6) is -0.486. The number of nitrogens with one attached hydrogen (secondary N) is 1. The fourth-order valence-electron chi connectivity index (χ4n) is 3.59. The number of halogens is 1. The van der Waals surface area contributed by atoms with E-state index in [0.717, 1.165) is 34.5 Å². The molecule has 0 aliphatic rings. The van der Waals surface area contributed by atoms with Crippen LogP contribution in [0.25, 0.3) is 0 Å². The summed E-state index contributed by atoms with van der Waals surface area (Å²) >= 11 is 6.12. The number of amides is 2. The van der Waals surface area contributed by atoms with Crippen molar-refractivity contribution in [3.05, 3.63) is 64.7 Å². The molecule has 0 saturated heterocycles. The summed E-state index contributed by atoms with van der Waals surface area (Å²) < 4.78 is 26.4. The van der Waals surface area contributed by atoms with Crippen LogP contribution < -0.4 is 9.62 Å². The van der Waals surface area contributed by atoms with Crippen LogP contribution in [-0.4, -0.2) is 50.5 Å². The highest BCUT2D eigenvalue weighted by atomic mass is 35.5. The van der Waals surface area contributed by atoms with E-state index in [-0.39, 0.29) is 18.4 Å². The van der Waals surface area contributed by atoms with Crippen LogP contribution in [0.1, 0.15) is 57.6 Å². The Morgan fingerprint density at radius 1 is 1.06 bits per heavy atom. The Labute approximate surface area is 214 Å². The Hall–Kier alpha value is -2.58. The van der Waals surface area contributed by atoms with Gasteiger partial charge >= 0.3 is 0 Å². The lowest BCUT2D eigenvalue weighted by molar-refractivity contribution is -0.139. The lowest BCUT2D eigenvalue weighted by Gasteiger charge is -2.31. The summed E-state index contributed by atoms with van der Waals surface area (Å²) in [4.78, 5) is 27.7. The zero-order valence-electron chi connectivity index (χ0n) is 21.1. The number of sulfonamides is 1. The van der Waals surface area contributed by atoms with Crippen LogP contribution in [-0.2, 0) is 26.2 Å². The molecule has 2 rings (SSSR count). The molecule has 7 nitrogen and oxygen atoms in total. The number of carbonyl (C=O) groups is 2. The van der Waals surface area contributed by atoms with Crippen LogP contribution in [0.4, 0.5) is 5.69 Å². The normalized spacial score (nSPS) is 12.3. The van der Waals surface area contributed by atoms with Crippen molar-refractivity contribution in [3.63, 3.8) is 0 Å². The average molecular weight is 522 g/mol. The van der Waals surface area contributed by atoms with Crippen LogP contribution in [0.15, 0.2) is 48.5 Å². The van der Waals surface area contributed by atoms with E-state index >= 15 is 0 Å². The summed E-state index contributed by atoms with van der Waals surface area (Å²) in [7, 11) is -3.76. The number of carbonyl (C=O) groups excluding carboxylic acids is 2. The van der Waals surface area contributed by atoms with Gasteiger partial charge in [-0.2, -0.15) is 0 Å². The molecule has 0 fully saturated rings.